The number of carbonyl (C=O) groups excluding carboxylic acids is 1. The molecule has 0 fully saturated rings. The van der Waals surface area contributed by atoms with Crippen LogP contribution in [0.5, 0.6) is 0 Å². The highest BCUT2D eigenvalue weighted by atomic mass is 16.2. The van der Waals surface area contributed by atoms with E-state index in [1.807, 2.05) is 51.1 Å². The second-order valence-electron chi connectivity index (χ2n) is 7.14. The van der Waals surface area contributed by atoms with Gasteiger partial charge in [-0.2, -0.15) is 5.10 Å². The van der Waals surface area contributed by atoms with E-state index in [0.717, 1.165) is 22.1 Å². The Balaban J connectivity index is 1.82. The first-order valence-electron chi connectivity index (χ1n) is 9.42. The lowest BCUT2D eigenvalue weighted by Gasteiger charge is -2.21. The van der Waals surface area contributed by atoms with Gasteiger partial charge in [0.05, 0.1) is 29.0 Å². The van der Waals surface area contributed by atoms with Crippen LogP contribution < -0.4 is 5.56 Å². The second kappa shape index (κ2) is 7.03. The lowest BCUT2D eigenvalue weighted by atomic mass is 9.95. The van der Waals surface area contributed by atoms with Crippen molar-refractivity contribution < 1.29 is 4.79 Å². The fraction of sp³-hybridized carbons (Fsp3) is 0.273. The molecule has 1 amide bonds. The first-order valence-corrected chi connectivity index (χ1v) is 9.42. The third kappa shape index (κ3) is 3.01. The maximum absolute atomic E-state index is 12.8. The van der Waals surface area contributed by atoms with Crippen LogP contribution in [0.4, 0.5) is 0 Å². The number of nitrogens with one attached hydrogen (secondary N) is 1. The zero-order valence-corrected chi connectivity index (χ0v) is 16.2. The molecular weight excluding hydrogens is 352 g/mol. The Morgan fingerprint density at radius 2 is 1.96 bits per heavy atom. The molecule has 2 aromatic heterocycles. The number of aryl methyl sites for hydroxylation is 2. The van der Waals surface area contributed by atoms with Crippen molar-refractivity contribution in [1.82, 2.24) is 15.0 Å². The molecule has 28 heavy (non-hydrogen) atoms. The smallest absolute Gasteiger partial charge is 0.257 e. The summed E-state index contributed by atoms with van der Waals surface area (Å²) in [5.41, 5.74) is 4.71. The maximum Gasteiger partial charge on any atom is 0.257 e. The molecule has 142 valence electrons. The number of hydrogen-bond donors (Lipinski definition) is 1. The van der Waals surface area contributed by atoms with Crippen LogP contribution in [-0.4, -0.2) is 26.6 Å². The third-order valence-electron chi connectivity index (χ3n) is 5.29. The van der Waals surface area contributed by atoms with Gasteiger partial charge in [0.2, 0.25) is 5.91 Å². The Bertz CT molecular complexity index is 1150. The molecule has 6 heteroatoms. The monoisotopic (exact) mass is 374 g/mol. The number of H-pyrrole nitrogens is 1. The molecule has 0 saturated heterocycles. The van der Waals surface area contributed by atoms with Crippen molar-refractivity contribution in [3.63, 3.8) is 0 Å². The fourth-order valence-corrected chi connectivity index (χ4v) is 3.76. The number of hydrogen-bond acceptors (Lipinski definition) is 4. The van der Waals surface area contributed by atoms with Crippen molar-refractivity contribution in [2.24, 2.45) is 5.10 Å². The van der Waals surface area contributed by atoms with Crippen molar-refractivity contribution in [3.05, 3.63) is 75.3 Å². The molecule has 0 bridgehead atoms. The number of aromatic amines is 1. The number of carbonyl (C=O) groups is 1. The van der Waals surface area contributed by atoms with Gasteiger partial charge in [-0.1, -0.05) is 36.8 Å². The van der Waals surface area contributed by atoms with Crippen LogP contribution in [-0.2, 0) is 4.79 Å². The van der Waals surface area contributed by atoms with Crippen LogP contribution in [0.1, 0.15) is 48.1 Å². The molecule has 1 aliphatic rings. The van der Waals surface area contributed by atoms with Gasteiger partial charge in [0.1, 0.15) is 0 Å². The van der Waals surface area contributed by atoms with Crippen molar-refractivity contribution in [1.29, 1.82) is 0 Å². The van der Waals surface area contributed by atoms with Gasteiger partial charge in [-0.05, 0) is 31.0 Å². The molecule has 0 radical (unpaired) electrons. The minimum atomic E-state index is -0.204. The van der Waals surface area contributed by atoms with Gasteiger partial charge >= 0.3 is 0 Å². The predicted molar refractivity (Wildman–Crippen MR) is 109 cm³/mol. The highest BCUT2D eigenvalue weighted by Crippen LogP contribution is 2.34. The molecule has 6 nitrogen and oxygen atoms in total. The zero-order chi connectivity index (χ0) is 19.8. The van der Waals surface area contributed by atoms with E-state index in [0.29, 0.717) is 29.6 Å². The number of benzene rings is 1. The summed E-state index contributed by atoms with van der Waals surface area (Å²) in [5.74, 6) is -0.0559. The van der Waals surface area contributed by atoms with Crippen molar-refractivity contribution in [2.75, 3.05) is 0 Å². The van der Waals surface area contributed by atoms with Gasteiger partial charge < -0.3 is 4.98 Å². The lowest BCUT2D eigenvalue weighted by molar-refractivity contribution is -0.132. The van der Waals surface area contributed by atoms with E-state index in [2.05, 4.69) is 15.1 Å². The average Bonchev–Trinajstić information content (AvgIpc) is 3.13. The summed E-state index contributed by atoms with van der Waals surface area (Å²) in [6.07, 6.45) is 4.22. The summed E-state index contributed by atoms with van der Waals surface area (Å²) < 4.78 is 0. The van der Waals surface area contributed by atoms with Crippen LogP contribution in [0.15, 0.2) is 52.6 Å². The second-order valence-corrected chi connectivity index (χ2v) is 7.14. The molecule has 1 atom stereocenters. The molecular formula is C22H22N4O2. The number of pyridine rings is 2. The Labute approximate surface area is 162 Å². The summed E-state index contributed by atoms with van der Waals surface area (Å²) in [7, 11) is 0. The van der Waals surface area contributed by atoms with E-state index in [4.69, 9.17) is 0 Å². The van der Waals surface area contributed by atoms with E-state index in [1.54, 1.807) is 12.4 Å². The standard InChI is InChI=1S/C22H22N4O2/c1-4-20(27)26-19(15-7-5-13(2)6-8-15)11-17(25-26)21-14(3)16-9-10-23-12-18(16)24-22(21)28/h5-10,12,19H,4,11H2,1-3H3,(H,24,28)/t19-/m0/s1. The molecule has 0 aliphatic carbocycles. The Morgan fingerprint density at radius 3 is 2.68 bits per heavy atom. The highest BCUT2D eigenvalue weighted by Gasteiger charge is 2.34. The van der Waals surface area contributed by atoms with Crippen LogP contribution >= 0.6 is 0 Å². The summed E-state index contributed by atoms with van der Waals surface area (Å²) in [5, 5.41) is 7.07. The van der Waals surface area contributed by atoms with E-state index in [9.17, 15) is 9.59 Å². The zero-order valence-electron chi connectivity index (χ0n) is 16.2. The van der Waals surface area contributed by atoms with Gasteiger partial charge in [0.15, 0.2) is 0 Å². The lowest BCUT2D eigenvalue weighted by Crippen LogP contribution is -2.26. The highest BCUT2D eigenvalue weighted by molar-refractivity contribution is 6.06. The molecule has 1 aliphatic heterocycles. The van der Waals surface area contributed by atoms with E-state index in [-0.39, 0.29) is 17.5 Å². The SMILES string of the molecule is CCC(=O)N1N=C(c2c(C)c3ccncc3[nH]c2=O)C[C@H]1c1ccc(C)cc1. The van der Waals surface area contributed by atoms with Crippen LogP contribution in [0.2, 0.25) is 0 Å². The number of hydrazone groups is 1. The fourth-order valence-electron chi connectivity index (χ4n) is 3.76. The molecule has 3 heterocycles. The molecule has 3 aromatic rings. The van der Waals surface area contributed by atoms with Crippen molar-refractivity contribution in [3.8, 4) is 0 Å². The van der Waals surface area contributed by atoms with Crippen LogP contribution in [0, 0.1) is 13.8 Å². The Hall–Kier alpha value is -3.28. The molecule has 1 aromatic carbocycles. The summed E-state index contributed by atoms with van der Waals surface area (Å²) in [6.45, 7) is 5.77. The Kier molecular flexibility index (Phi) is 4.55. The van der Waals surface area contributed by atoms with E-state index < -0.39 is 0 Å². The van der Waals surface area contributed by atoms with Crippen molar-refractivity contribution in [2.45, 2.75) is 39.7 Å². The van der Waals surface area contributed by atoms with E-state index >= 15 is 0 Å². The normalized spacial score (nSPS) is 16.5. The summed E-state index contributed by atoms with van der Waals surface area (Å²) >= 11 is 0. The van der Waals surface area contributed by atoms with Gasteiger partial charge in [-0.3, -0.25) is 14.6 Å². The molecule has 0 saturated carbocycles. The molecule has 0 spiro atoms. The summed E-state index contributed by atoms with van der Waals surface area (Å²) in [6, 6.07) is 9.79. The largest absolute Gasteiger partial charge is 0.320 e. The summed E-state index contributed by atoms with van der Waals surface area (Å²) in [4.78, 5) is 32.3. The number of nitrogens with zero attached hydrogens (tertiary/aromatic N) is 3. The topological polar surface area (TPSA) is 78.4 Å². The van der Waals surface area contributed by atoms with Gasteiger partial charge in [-0.25, -0.2) is 5.01 Å². The van der Waals surface area contributed by atoms with Crippen LogP contribution in [0.25, 0.3) is 10.9 Å². The molecule has 0 unspecified atom stereocenters. The van der Waals surface area contributed by atoms with E-state index in [1.165, 1.54) is 5.01 Å². The number of amides is 1. The van der Waals surface area contributed by atoms with Gasteiger partial charge in [0.25, 0.3) is 5.56 Å². The Morgan fingerprint density at radius 1 is 1.21 bits per heavy atom. The minimum absolute atomic E-state index is 0.0559. The molecule has 4 rings (SSSR count). The number of rotatable bonds is 3. The quantitative estimate of drug-likeness (QED) is 0.760. The predicted octanol–water partition coefficient (Wildman–Crippen LogP) is 3.63. The first-order chi connectivity index (χ1) is 13.5. The van der Waals surface area contributed by atoms with Gasteiger partial charge in [0, 0.05) is 24.4 Å². The minimum Gasteiger partial charge on any atom is -0.320 e. The third-order valence-corrected chi connectivity index (χ3v) is 5.29. The average molecular weight is 374 g/mol. The first kappa shape index (κ1) is 18.1. The number of fused-ring (bicyclic) bond motifs is 1. The van der Waals surface area contributed by atoms with Crippen LogP contribution in [0.3, 0.4) is 0 Å². The number of aromatic nitrogens is 2. The molecule has 1 N–H and O–H groups in total. The van der Waals surface area contributed by atoms with Crippen molar-refractivity contribution >= 4 is 22.5 Å². The van der Waals surface area contributed by atoms with Gasteiger partial charge in [-0.15, -0.1) is 0 Å². The maximum atomic E-state index is 12.8.